The van der Waals surface area contributed by atoms with E-state index in [0.717, 1.165) is 10.6 Å². The molecule has 9 nitrogen and oxygen atoms in total. The largest absolute Gasteiger partial charge is 0.465 e. The lowest BCUT2D eigenvalue weighted by Gasteiger charge is -2.22. The number of aromatic nitrogens is 3. The molecule has 0 bridgehead atoms. The van der Waals surface area contributed by atoms with E-state index in [1.165, 1.54) is 28.4 Å². The van der Waals surface area contributed by atoms with Crippen LogP contribution in [0.1, 0.15) is 23.4 Å². The number of thiazole rings is 1. The van der Waals surface area contributed by atoms with Gasteiger partial charge in [-0.15, -0.1) is 0 Å². The van der Waals surface area contributed by atoms with Crippen LogP contribution in [0.25, 0.3) is 16.8 Å². The molecule has 2 amide bonds. The summed E-state index contributed by atoms with van der Waals surface area (Å²) in [4.78, 5) is 37.4. The number of benzene rings is 1. The molecule has 0 radical (unpaired) electrons. The molecule has 12 heteroatoms. The van der Waals surface area contributed by atoms with Gasteiger partial charge in [-0.25, -0.2) is 28.5 Å². The van der Waals surface area contributed by atoms with Crippen molar-refractivity contribution < 1.29 is 23.5 Å². The lowest BCUT2D eigenvalue weighted by Crippen LogP contribution is -2.33. The number of nitrogens with one attached hydrogen (secondary N) is 1. The van der Waals surface area contributed by atoms with Crippen molar-refractivity contribution in [3.8, 4) is 11.3 Å². The van der Waals surface area contributed by atoms with E-state index in [-0.39, 0.29) is 5.56 Å². The standard InChI is InChI=1S/C23H20F2N6O3S/c24-23(25)12-22(23,19(26)32)15-3-1-2-14(10-15)16-4-7-27-20(29-16)30-17-11-28-18(35-17)13-5-8-31(9-6-13)21(33)34/h1-5,7,10-11H,6,8-9,12H2,(H2,26,32)(H,33,34)(H,27,29,30)/t22-/m0/s1. The van der Waals surface area contributed by atoms with E-state index in [2.05, 4.69) is 20.3 Å². The van der Waals surface area contributed by atoms with Gasteiger partial charge in [-0.2, -0.15) is 0 Å². The Morgan fingerprint density at radius 3 is 2.69 bits per heavy atom. The number of halogens is 2. The van der Waals surface area contributed by atoms with Crippen LogP contribution in [0, 0.1) is 0 Å². The van der Waals surface area contributed by atoms with E-state index in [4.69, 9.17) is 10.8 Å². The number of carbonyl (C=O) groups is 2. The molecule has 1 fully saturated rings. The second kappa shape index (κ2) is 8.38. The predicted octanol–water partition coefficient (Wildman–Crippen LogP) is 3.87. The van der Waals surface area contributed by atoms with Gasteiger partial charge in [0, 0.05) is 31.3 Å². The molecule has 3 aromatic rings. The Labute approximate surface area is 202 Å². The normalized spacial score (nSPS) is 20.7. The van der Waals surface area contributed by atoms with Crippen LogP contribution >= 0.6 is 11.3 Å². The SMILES string of the molecule is NC(=O)[C@@]1(c2cccc(-c3ccnc(Nc4cnc(C5=CCN(C(=O)O)CC5)s4)n3)c2)CC1(F)F. The first kappa shape index (κ1) is 22.8. The summed E-state index contributed by atoms with van der Waals surface area (Å²) in [5, 5.41) is 13.6. The number of alkyl halides is 2. The average Bonchev–Trinajstić information content (AvgIpc) is 3.18. The van der Waals surface area contributed by atoms with Crippen LogP contribution in [0.2, 0.25) is 0 Å². The highest BCUT2D eigenvalue weighted by atomic mass is 32.1. The lowest BCUT2D eigenvalue weighted by molar-refractivity contribution is -0.122. The fourth-order valence-electron chi connectivity index (χ4n) is 4.16. The molecule has 1 saturated carbocycles. The number of nitrogens with two attached hydrogens (primary N) is 1. The summed E-state index contributed by atoms with van der Waals surface area (Å²) < 4.78 is 28.1. The second-order valence-corrected chi connectivity index (χ2v) is 9.39. The zero-order valence-corrected chi connectivity index (χ0v) is 19.1. The van der Waals surface area contributed by atoms with Gasteiger partial charge in [-0.3, -0.25) is 4.79 Å². The Morgan fingerprint density at radius 2 is 2.03 bits per heavy atom. The highest BCUT2D eigenvalue weighted by molar-refractivity contribution is 7.16. The quantitative estimate of drug-likeness (QED) is 0.470. The third-order valence-electron chi connectivity index (χ3n) is 6.21. The predicted molar refractivity (Wildman–Crippen MR) is 125 cm³/mol. The summed E-state index contributed by atoms with van der Waals surface area (Å²) in [6, 6.07) is 7.94. The van der Waals surface area contributed by atoms with Crippen LogP contribution in [0.3, 0.4) is 0 Å². The molecular weight excluding hydrogens is 478 g/mol. The zero-order chi connectivity index (χ0) is 24.8. The van der Waals surface area contributed by atoms with Crippen molar-refractivity contribution >= 4 is 39.9 Å². The summed E-state index contributed by atoms with van der Waals surface area (Å²) >= 11 is 1.39. The number of hydrogen-bond donors (Lipinski definition) is 3. The summed E-state index contributed by atoms with van der Waals surface area (Å²) in [5.41, 5.74) is 5.52. The number of nitrogens with zero attached hydrogens (tertiary/aromatic N) is 4. The first-order valence-electron chi connectivity index (χ1n) is 10.7. The fraction of sp³-hybridized carbons (Fsp3) is 0.261. The van der Waals surface area contributed by atoms with E-state index in [1.54, 1.807) is 30.6 Å². The summed E-state index contributed by atoms with van der Waals surface area (Å²) in [5.74, 6) is -3.92. The van der Waals surface area contributed by atoms with Gasteiger partial charge in [0.05, 0.1) is 11.9 Å². The Balaban J connectivity index is 1.34. The molecule has 0 saturated heterocycles. The molecule has 180 valence electrons. The van der Waals surface area contributed by atoms with Crippen molar-refractivity contribution in [2.45, 2.75) is 24.2 Å². The molecule has 3 heterocycles. The van der Waals surface area contributed by atoms with Crippen LogP contribution in [0.5, 0.6) is 0 Å². The van der Waals surface area contributed by atoms with Gasteiger partial charge in [-0.1, -0.05) is 35.6 Å². The molecule has 1 aromatic carbocycles. The van der Waals surface area contributed by atoms with Gasteiger partial charge in [0.1, 0.15) is 15.4 Å². The first-order valence-corrected chi connectivity index (χ1v) is 11.5. The molecule has 1 aliphatic carbocycles. The van der Waals surface area contributed by atoms with E-state index >= 15 is 0 Å². The first-order chi connectivity index (χ1) is 16.7. The van der Waals surface area contributed by atoms with Crippen LogP contribution in [-0.4, -0.2) is 56.0 Å². The van der Waals surface area contributed by atoms with Crippen LogP contribution < -0.4 is 11.1 Å². The molecule has 2 aromatic heterocycles. The molecule has 4 N–H and O–H groups in total. The van der Waals surface area contributed by atoms with E-state index in [9.17, 15) is 18.4 Å². The van der Waals surface area contributed by atoms with Crippen LogP contribution in [-0.2, 0) is 10.2 Å². The Bertz CT molecular complexity index is 1360. The fourth-order valence-corrected chi connectivity index (χ4v) is 5.04. The van der Waals surface area contributed by atoms with Gasteiger partial charge in [0.15, 0.2) is 0 Å². The summed E-state index contributed by atoms with van der Waals surface area (Å²) in [6.45, 7) is 0.733. The molecule has 0 unspecified atom stereocenters. The summed E-state index contributed by atoms with van der Waals surface area (Å²) in [7, 11) is 0. The number of carbonyl (C=O) groups excluding carboxylic acids is 1. The molecular formula is C23H20F2N6O3S. The van der Waals surface area contributed by atoms with Crippen molar-refractivity contribution in [3.63, 3.8) is 0 Å². The third-order valence-corrected chi connectivity index (χ3v) is 7.20. The monoisotopic (exact) mass is 498 g/mol. The van der Waals surface area contributed by atoms with Gasteiger partial charge in [0.2, 0.25) is 11.9 Å². The van der Waals surface area contributed by atoms with Crippen LogP contribution in [0.15, 0.2) is 48.8 Å². The van der Waals surface area contributed by atoms with Crippen molar-refractivity contribution in [1.82, 2.24) is 19.9 Å². The average molecular weight is 499 g/mol. The molecule has 1 aliphatic heterocycles. The minimum absolute atomic E-state index is 0.162. The van der Waals surface area contributed by atoms with E-state index in [0.29, 0.717) is 41.7 Å². The van der Waals surface area contributed by atoms with E-state index < -0.39 is 29.8 Å². The topological polar surface area (TPSA) is 134 Å². The van der Waals surface area contributed by atoms with Crippen molar-refractivity contribution in [1.29, 1.82) is 0 Å². The number of carboxylic acid groups (broad SMARTS) is 1. The van der Waals surface area contributed by atoms with Gasteiger partial charge in [0.25, 0.3) is 5.92 Å². The molecule has 35 heavy (non-hydrogen) atoms. The van der Waals surface area contributed by atoms with Crippen molar-refractivity contribution in [2.75, 3.05) is 18.4 Å². The molecule has 1 atom stereocenters. The highest BCUT2D eigenvalue weighted by Gasteiger charge is 2.76. The minimum Gasteiger partial charge on any atom is -0.465 e. The number of primary amides is 1. The van der Waals surface area contributed by atoms with Crippen LogP contribution in [0.4, 0.5) is 24.5 Å². The zero-order valence-electron chi connectivity index (χ0n) is 18.2. The maximum Gasteiger partial charge on any atom is 0.407 e. The summed E-state index contributed by atoms with van der Waals surface area (Å²) in [6.07, 6.45) is 4.07. The lowest BCUT2D eigenvalue weighted by atomic mass is 9.92. The van der Waals surface area contributed by atoms with Crippen molar-refractivity contribution in [2.24, 2.45) is 5.73 Å². The number of hydrogen-bond acceptors (Lipinski definition) is 7. The van der Waals surface area contributed by atoms with Gasteiger partial charge < -0.3 is 21.1 Å². The molecule has 5 rings (SSSR count). The highest BCUT2D eigenvalue weighted by Crippen LogP contribution is 2.61. The van der Waals surface area contributed by atoms with Crippen molar-refractivity contribution in [3.05, 3.63) is 59.4 Å². The van der Waals surface area contributed by atoms with E-state index in [1.807, 2.05) is 6.08 Å². The molecule has 0 spiro atoms. The maximum absolute atomic E-state index is 14.0. The smallest absolute Gasteiger partial charge is 0.407 e. The Morgan fingerprint density at radius 1 is 1.23 bits per heavy atom. The number of anilines is 2. The Kier molecular flexibility index (Phi) is 5.47. The Hall–Kier alpha value is -3.93. The van der Waals surface area contributed by atoms with Gasteiger partial charge in [-0.05, 0) is 29.7 Å². The third kappa shape index (κ3) is 4.09. The molecule has 2 aliphatic rings. The number of rotatable bonds is 6. The van der Waals surface area contributed by atoms with Gasteiger partial charge >= 0.3 is 6.09 Å². The number of amides is 2. The maximum atomic E-state index is 14.0. The second-order valence-electron chi connectivity index (χ2n) is 8.36. The minimum atomic E-state index is -3.17.